The molecule has 2 aliphatic carbocycles. The maximum Gasteiger partial charge on any atom is 0.322 e. The van der Waals surface area contributed by atoms with Crippen molar-refractivity contribution in [1.29, 1.82) is 0 Å². The van der Waals surface area contributed by atoms with Crippen molar-refractivity contribution in [2.75, 3.05) is 29.9 Å². The lowest BCUT2D eigenvalue weighted by Crippen LogP contribution is -2.45. The van der Waals surface area contributed by atoms with E-state index < -0.39 is 0 Å². The van der Waals surface area contributed by atoms with Crippen LogP contribution in [0, 0.1) is 24.7 Å². The molecule has 1 aromatic rings. The molecule has 2 aliphatic heterocycles. The number of hydrogen-bond acceptors (Lipinski definition) is 4. The van der Waals surface area contributed by atoms with Crippen molar-refractivity contribution in [3.05, 3.63) is 17.8 Å². The molecular formula is C19H26N4O2. The molecule has 0 spiro atoms. The van der Waals surface area contributed by atoms with E-state index in [1.807, 2.05) is 24.0 Å². The van der Waals surface area contributed by atoms with Gasteiger partial charge in [0, 0.05) is 19.6 Å². The summed E-state index contributed by atoms with van der Waals surface area (Å²) in [7, 11) is 0. The van der Waals surface area contributed by atoms with Crippen molar-refractivity contribution in [3.8, 4) is 0 Å². The summed E-state index contributed by atoms with van der Waals surface area (Å²) < 4.78 is 0. The number of fused-ring (bicyclic) bond motifs is 1. The van der Waals surface area contributed by atoms with Crippen molar-refractivity contribution in [2.24, 2.45) is 17.8 Å². The number of nitrogens with one attached hydrogen (secondary N) is 1. The van der Waals surface area contributed by atoms with Crippen LogP contribution in [0.3, 0.4) is 0 Å². The molecule has 6 heteroatoms. The minimum absolute atomic E-state index is 0.0147. The third-order valence-corrected chi connectivity index (χ3v) is 6.85. The average Bonchev–Trinajstić information content (AvgIpc) is 3.33. The number of hydrogen-bond donors (Lipinski definition) is 2. The van der Waals surface area contributed by atoms with Gasteiger partial charge in [-0.15, -0.1) is 0 Å². The molecule has 2 N–H and O–H groups in total. The fraction of sp³-hybridized carbons (Fsp3) is 0.684. The van der Waals surface area contributed by atoms with Gasteiger partial charge >= 0.3 is 6.03 Å². The van der Waals surface area contributed by atoms with Crippen molar-refractivity contribution in [1.82, 2.24) is 9.88 Å². The van der Waals surface area contributed by atoms with Gasteiger partial charge in [-0.2, -0.15) is 0 Å². The molecule has 25 heavy (non-hydrogen) atoms. The van der Waals surface area contributed by atoms with Crippen molar-refractivity contribution < 1.29 is 9.90 Å². The maximum absolute atomic E-state index is 12.8. The summed E-state index contributed by atoms with van der Waals surface area (Å²) in [6, 6.07) is 3.90. The van der Waals surface area contributed by atoms with Gasteiger partial charge in [-0.25, -0.2) is 9.78 Å². The molecule has 1 aromatic heterocycles. The van der Waals surface area contributed by atoms with E-state index in [0.717, 1.165) is 49.7 Å². The minimum atomic E-state index is -0.341. The molecule has 0 unspecified atom stereocenters. The monoisotopic (exact) mass is 342 g/mol. The minimum Gasteiger partial charge on any atom is -0.391 e. The molecule has 2 saturated carbocycles. The third kappa shape index (κ3) is 2.34. The first kappa shape index (κ1) is 15.4. The summed E-state index contributed by atoms with van der Waals surface area (Å²) in [5.74, 6) is 2.49. The summed E-state index contributed by atoms with van der Waals surface area (Å²) in [5.41, 5.74) is 1.63. The van der Waals surface area contributed by atoms with Gasteiger partial charge in [-0.1, -0.05) is 0 Å². The standard InChI is InChI=1S/C19H26N4O2/c1-11-15(4-5-16(20-11)22-6-2-3-7-22)21-19(25)23-10-13-8-12-9-14(13)17(23)18(12)24/h4-5,12-14,17-18,24H,2-3,6-10H2,1H3,(H,21,25)/t12-,13-,14+,17+,18-/m0/s1. The Balaban J connectivity index is 1.31. The molecule has 4 aliphatic rings. The van der Waals surface area contributed by atoms with E-state index in [9.17, 15) is 9.90 Å². The maximum atomic E-state index is 12.8. The van der Waals surface area contributed by atoms with Crippen LogP contribution in [0.5, 0.6) is 0 Å². The molecule has 5 rings (SSSR count). The Morgan fingerprint density at radius 2 is 2.04 bits per heavy atom. The number of aromatic nitrogens is 1. The SMILES string of the molecule is Cc1nc(N2CCCC2)ccc1NC(=O)N1C[C@@H]2C[C@H]3C[C@H]2[C@@H]1[C@H]3O. The van der Waals surface area contributed by atoms with E-state index in [4.69, 9.17) is 0 Å². The molecule has 5 atom stereocenters. The van der Waals surface area contributed by atoms with E-state index in [-0.39, 0.29) is 18.2 Å². The van der Waals surface area contributed by atoms with Gasteiger partial charge in [-0.3, -0.25) is 0 Å². The first-order valence-electron chi connectivity index (χ1n) is 9.60. The van der Waals surface area contributed by atoms with E-state index in [2.05, 4.69) is 15.2 Å². The van der Waals surface area contributed by atoms with Crippen LogP contribution < -0.4 is 10.2 Å². The highest BCUT2D eigenvalue weighted by Gasteiger charge is 2.60. The number of carbonyl (C=O) groups excluding carboxylic acids is 1. The fourth-order valence-electron chi connectivity index (χ4n) is 5.64. The fourth-order valence-corrected chi connectivity index (χ4v) is 5.64. The van der Waals surface area contributed by atoms with Gasteiger partial charge in [0.25, 0.3) is 0 Å². The van der Waals surface area contributed by atoms with Crippen molar-refractivity contribution >= 4 is 17.5 Å². The Kier molecular flexibility index (Phi) is 3.45. The van der Waals surface area contributed by atoms with Gasteiger partial charge in [0.05, 0.1) is 23.5 Å². The molecule has 0 aromatic carbocycles. The molecule has 134 valence electrons. The highest BCUT2D eigenvalue weighted by Crippen LogP contribution is 2.54. The lowest BCUT2D eigenvalue weighted by atomic mass is 9.88. The molecule has 4 fully saturated rings. The first-order valence-corrected chi connectivity index (χ1v) is 9.60. The summed E-state index contributed by atoms with van der Waals surface area (Å²) in [6.07, 6.45) is 4.27. The van der Waals surface area contributed by atoms with Gasteiger partial charge < -0.3 is 20.2 Å². The Morgan fingerprint density at radius 3 is 2.76 bits per heavy atom. The number of nitrogens with zero attached hydrogens (tertiary/aromatic N) is 3. The van der Waals surface area contributed by atoms with Gasteiger partial charge in [0.2, 0.25) is 0 Å². The Labute approximate surface area is 148 Å². The van der Waals surface area contributed by atoms with E-state index >= 15 is 0 Å². The largest absolute Gasteiger partial charge is 0.391 e. The number of anilines is 2. The van der Waals surface area contributed by atoms with E-state index in [1.54, 1.807) is 0 Å². The number of urea groups is 1. The smallest absolute Gasteiger partial charge is 0.322 e. The Morgan fingerprint density at radius 1 is 1.24 bits per heavy atom. The van der Waals surface area contributed by atoms with Crippen LogP contribution >= 0.6 is 0 Å². The summed E-state index contributed by atoms with van der Waals surface area (Å²) in [6.45, 7) is 4.86. The van der Waals surface area contributed by atoms with Crippen LogP contribution in [0.2, 0.25) is 0 Å². The third-order valence-electron chi connectivity index (χ3n) is 6.85. The molecular weight excluding hydrogens is 316 g/mol. The second-order valence-electron chi connectivity index (χ2n) is 8.22. The Hall–Kier alpha value is -1.82. The predicted octanol–water partition coefficient (Wildman–Crippen LogP) is 2.22. The van der Waals surface area contributed by atoms with Crippen LogP contribution in [-0.4, -0.2) is 52.8 Å². The van der Waals surface area contributed by atoms with Crippen LogP contribution in [-0.2, 0) is 0 Å². The second-order valence-corrected chi connectivity index (χ2v) is 8.22. The predicted molar refractivity (Wildman–Crippen MR) is 95.6 cm³/mol. The van der Waals surface area contributed by atoms with Crippen molar-refractivity contribution in [2.45, 2.75) is 44.8 Å². The van der Waals surface area contributed by atoms with Gasteiger partial charge in [-0.05, 0) is 62.5 Å². The lowest BCUT2D eigenvalue weighted by Gasteiger charge is -2.29. The van der Waals surface area contributed by atoms with E-state index in [1.165, 1.54) is 12.8 Å². The number of aliphatic hydroxyl groups is 1. The quantitative estimate of drug-likeness (QED) is 0.865. The van der Waals surface area contributed by atoms with E-state index in [0.29, 0.717) is 17.8 Å². The zero-order valence-electron chi connectivity index (χ0n) is 14.7. The average molecular weight is 342 g/mol. The van der Waals surface area contributed by atoms with Crippen LogP contribution in [0.1, 0.15) is 31.4 Å². The van der Waals surface area contributed by atoms with Crippen molar-refractivity contribution in [3.63, 3.8) is 0 Å². The number of likely N-dealkylation sites (tertiary alicyclic amines) is 1. The number of pyridine rings is 1. The highest BCUT2D eigenvalue weighted by atomic mass is 16.3. The highest BCUT2D eigenvalue weighted by molar-refractivity contribution is 5.90. The molecule has 0 radical (unpaired) electrons. The number of rotatable bonds is 2. The van der Waals surface area contributed by atoms with Crippen LogP contribution in [0.25, 0.3) is 0 Å². The van der Waals surface area contributed by atoms with Crippen LogP contribution in [0.4, 0.5) is 16.3 Å². The number of carbonyl (C=O) groups is 1. The second kappa shape index (κ2) is 5.59. The van der Waals surface area contributed by atoms with Gasteiger partial charge in [0.15, 0.2) is 0 Å². The topological polar surface area (TPSA) is 68.7 Å². The normalized spacial score (nSPS) is 35.7. The summed E-state index contributed by atoms with van der Waals surface area (Å²) in [4.78, 5) is 21.7. The lowest BCUT2D eigenvalue weighted by molar-refractivity contribution is 0.0631. The molecule has 2 amide bonds. The summed E-state index contributed by atoms with van der Waals surface area (Å²) >= 11 is 0. The van der Waals surface area contributed by atoms with Crippen LogP contribution in [0.15, 0.2) is 12.1 Å². The molecule has 2 bridgehead atoms. The molecule has 3 heterocycles. The van der Waals surface area contributed by atoms with Gasteiger partial charge in [0.1, 0.15) is 5.82 Å². The first-order chi connectivity index (χ1) is 12.1. The zero-order valence-corrected chi connectivity index (χ0v) is 14.7. The molecule has 6 nitrogen and oxygen atoms in total. The molecule has 2 saturated heterocycles. The number of aryl methyl sites for hydroxylation is 1. The Bertz CT molecular complexity index is 701. The zero-order chi connectivity index (χ0) is 17.1. The number of amides is 2. The number of aliphatic hydroxyl groups excluding tert-OH is 1. The summed E-state index contributed by atoms with van der Waals surface area (Å²) in [5, 5.41) is 13.5.